The van der Waals surface area contributed by atoms with E-state index < -0.39 is 0 Å². The van der Waals surface area contributed by atoms with Gasteiger partial charge in [-0.3, -0.25) is 9.78 Å². The Hall–Kier alpha value is -2.01. The van der Waals surface area contributed by atoms with E-state index in [1.54, 1.807) is 12.3 Å². The van der Waals surface area contributed by atoms with Gasteiger partial charge in [-0.1, -0.05) is 30.4 Å². The lowest BCUT2D eigenvalue weighted by atomic mass is 10.1. The maximum atomic E-state index is 12.0. The molecule has 0 unspecified atom stereocenters. The number of nitrogens with zero attached hydrogens (tertiary/aromatic N) is 1. The topological polar surface area (TPSA) is 68.0 Å². The van der Waals surface area contributed by atoms with Crippen LogP contribution in [0.5, 0.6) is 0 Å². The summed E-state index contributed by atoms with van der Waals surface area (Å²) >= 11 is 4.76. The molecule has 0 bridgehead atoms. The highest BCUT2D eigenvalue weighted by atomic mass is 32.1. The van der Waals surface area contributed by atoms with Gasteiger partial charge in [0.15, 0.2) is 0 Å². The fraction of sp³-hybridized carbons (Fsp3) is 0.154. The Morgan fingerprint density at radius 3 is 2.89 bits per heavy atom. The number of nitrogens with one attached hydrogen (secondary N) is 1. The molecule has 1 heterocycles. The Bertz CT molecular complexity index is 592. The number of nitrogens with two attached hydrogens (primary N) is 1. The molecule has 0 fully saturated rings. The van der Waals surface area contributed by atoms with Crippen LogP contribution in [0.15, 0.2) is 36.5 Å². The first-order valence-corrected chi connectivity index (χ1v) is 5.99. The van der Waals surface area contributed by atoms with E-state index in [1.807, 2.05) is 24.3 Å². The Balaban J connectivity index is 2.20. The molecule has 0 atom stereocenters. The molecule has 2 rings (SSSR count). The Labute approximate surface area is 110 Å². The second kappa shape index (κ2) is 5.55. The van der Waals surface area contributed by atoms with E-state index in [0.29, 0.717) is 23.5 Å². The number of hydrogen-bond acceptors (Lipinski definition) is 3. The summed E-state index contributed by atoms with van der Waals surface area (Å²) in [7, 11) is 0. The molecule has 92 valence electrons. The Kier molecular flexibility index (Phi) is 3.84. The third-order valence-electron chi connectivity index (χ3n) is 2.55. The van der Waals surface area contributed by atoms with Gasteiger partial charge < -0.3 is 11.1 Å². The first-order valence-electron chi connectivity index (χ1n) is 5.59. The SMILES string of the molecule is NC(=S)CCNC(=O)c1ccnc2ccccc12. The molecule has 0 aliphatic carbocycles. The van der Waals surface area contributed by atoms with E-state index >= 15 is 0 Å². The number of aromatic nitrogens is 1. The minimum Gasteiger partial charge on any atom is -0.393 e. The van der Waals surface area contributed by atoms with Gasteiger partial charge in [-0.15, -0.1) is 0 Å². The van der Waals surface area contributed by atoms with Crippen LogP contribution < -0.4 is 11.1 Å². The number of thiocarbonyl (C=S) groups is 1. The normalized spacial score (nSPS) is 10.2. The van der Waals surface area contributed by atoms with E-state index in [9.17, 15) is 4.79 Å². The number of carbonyl (C=O) groups is 1. The lowest BCUT2D eigenvalue weighted by molar-refractivity contribution is 0.0956. The second-order valence-electron chi connectivity index (χ2n) is 3.85. The van der Waals surface area contributed by atoms with Gasteiger partial charge in [0.05, 0.1) is 16.1 Å². The molecule has 18 heavy (non-hydrogen) atoms. The summed E-state index contributed by atoms with van der Waals surface area (Å²) < 4.78 is 0. The van der Waals surface area contributed by atoms with Crippen molar-refractivity contribution < 1.29 is 4.79 Å². The van der Waals surface area contributed by atoms with Gasteiger partial charge in [-0.05, 0) is 12.1 Å². The van der Waals surface area contributed by atoms with Crippen molar-refractivity contribution in [2.45, 2.75) is 6.42 Å². The molecule has 0 saturated heterocycles. The predicted octanol–water partition coefficient (Wildman–Crippen LogP) is 1.64. The first-order chi connectivity index (χ1) is 8.68. The molecular formula is C13H13N3OS. The van der Waals surface area contributed by atoms with Crippen LogP contribution in [0.2, 0.25) is 0 Å². The molecule has 5 heteroatoms. The Morgan fingerprint density at radius 2 is 2.11 bits per heavy atom. The quantitative estimate of drug-likeness (QED) is 0.819. The van der Waals surface area contributed by atoms with Crippen LogP contribution in [0.1, 0.15) is 16.8 Å². The van der Waals surface area contributed by atoms with Crippen LogP contribution >= 0.6 is 12.2 Å². The van der Waals surface area contributed by atoms with E-state index in [1.165, 1.54) is 0 Å². The van der Waals surface area contributed by atoms with Crippen LogP contribution in [-0.2, 0) is 0 Å². The number of pyridine rings is 1. The summed E-state index contributed by atoms with van der Waals surface area (Å²) in [5.41, 5.74) is 6.80. The van der Waals surface area contributed by atoms with Crippen LogP contribution in [-0.4, -0.2) is 22.4 Å². The minimum atomic E-state index is -0.134. The number of hydrogen-bond donors (Lipinski definition) is 2. The number of para-hydroxylation sites is 1. The van der Waals surface area contributed by atoms with Gasteiger partial charge >= 0.3 is 0 Å². The van der Waals surface area contributed by atoms with Crippen LogP contribution in [0, 0.1) is 0 Å². The van der Waals surface area contributed by atoms with Crippen molar-refractivity contribution >= 4 is 34.0 Å². The number of rotatable bonds is 4. The minimum absolute atomic E-state index is 0.134. The average Bonchev–Trinajstić information content (AvgIpc) is 2.37. The zero-order valence-electron chi connectivity index (χ0n) is 9.72. The summed E-state index contributed by atoms with van der Waals surface area (Å²) in [5, 5.41) is 3.63. The van der Waals surface area contributed by atoms with Crippen molar-refractivity contribution in [2.75, 3.05) is 6.54 Å². The van der Waals surface area contributed by atoms with Crippen LogP contribution in [0.25, 0.3) is 10.9 Å². The van der Waals surface area contributed by atoms with Crippen molar-refractivity contribution in [3.05, 3.63) is 42.1 Å². The fourth-order valence-corrected chi connectivity index (χ4v) is 1.79. The van der Waals surface area contributed by atoms with Gasteiger partial charge in [0.2, 0.25) is 0 Å². The standard InChI is InChI=1S/C13H13N3OS/c14-12(18)6-8-16-13(17)10-5-7-15-11-4-2-1-3-9(10)11/h1-5,7H,6,8H2,(H2,14,18)(H,16,17). The van der Waals surface area contributed by atoms with Crippen LogP contribution in [0.4, 0.5) is 0 Å². The van der Waals surface area contributed by atoms with E-state index in [-0.39, 0.29) is 5.91 Å². The highest BCUT2D eigenvalue weighted by Gasteiger charge is 2.09. The maximum Gasteiger partial charge on any atom is 0.252 e. The molecule has 3 N–H and O–H groups in total. The third-order valence-corrected chi connectivity index (χ3v) is 2.75. The molecule has 0 aliphatic rings. The maximum absolute atomic E-state index is 12.0. The summed E-state index contributed by atoms with van der Waals surface area (Å²) in [6.45, 7) is 0.449. The molecule has 1 aromatic carbocycles. The molecule has 0 spiro atoms. The highest BCUT2D eigenvalue weighted by Crippen LogP contribution is 2.15. The second-order valence-corrected chi connectivity index (χ2v) is 4.37. The smallest absolute Gasteiger partial charge is 0.252 e. The lowest BCUT2D eigenvalue weighted by Crippen LogP contribution is -2.27. The first kappa shape index (κ1) is 12.4. The molecule has 1 amide bonds. The number of carbonyl (C=O) groups excluding carboxylic acids is 1. The number of fused-ring (bicyclic) bond motifs is 1. The number of benzene rings is 1. The monoisotopic (exact) mass is 259 g/mol. The van der Waals surface area contributed by atoms with Crippen LogP contribution in [0.3, 0.4) is 0 Å². The van der Waals surface area contributed by atoms with Crippen molar-refractivity contribution in [1.82, 2.24) is 10.3 Å². The van der Waals surface area contributed by atoms with Crippen molar-refractivity contribution in [3.63, 3.8) is 0 Å². The fourth-order valence-electron chi connectivity index (χ4n) is 1.69. The summed E-state index contributed by atoms with van der Waals surface area (Å²) in [4.78, 5) is 16.6. The summed E-state index contributed by atoms with van der Waals surface area (Å²) in [5.74, 6) is -0.134. The van der Waals surface area contributed by atoms with Crippen molar-refractivity contribution in [3.8, 4) is 0 Å². The molecular weight excluding hydrogens is 246 g/mol. The largest absolute Gasteiger partial charge is 0.393 e. The zero-order valence-corrected chi connectivity index (χ0v) is 10.5. The van der Waals surface area contributed by atoms with Gasteiger partial charge in [-0.2, -0.15) is 0 Å². The van der Waals surface area contributed by atoms with Crippen molar-refractivity contribution in [1.29, 1.82) is 0 Å². The number of amides is 1. The third kappa shape index (κ3) is 2.81. The summed E-state index contributed by atoms with van der Waals surface area (Å²) in [6.07, 6.45) is 2.13. The average molecular weight is 259 g/mol. The zero-order chi connectivity index (χ0) is 13.0. The molecule has 0 aliphatic heterocycles. The lowest BCUT2D eigenvalue weighted by Gasteiger charge is -2.07. The Morgan fingerprint density at radius 1 is 1.33 bits per heavy atom. The molecule has 2 aromatic rings. The van der Waals surface area contributed by atoms with E-state index in [4.69, 9.17) is 18.0 Å². The van der Waals surface area contributed by atoms with Gasteiger partial charge in [0.25, 0.3) is 5.91 Å². The van der Waals surface area contributed by atoms with Crippen molar-refractivity contribution in [2.24, 2.45) is 5.73 Å². The molecule has 0 saturated carbocycles. The van der Waals surface area contributed by atoms with E-state index in [2.05, 4.69) is 10.3 Å². The van der Waals surface area contributed by atoms with Gasteiger partial charge in [0, 0.05) is 24.5 Å². The van der Waals surface area contributed by atoms with Gasteiger partial charge in [-0.25, -0.2) is 0 Å². The predicted molar refractivity (Wildman–Crippen MR) is 75.5 cm³/mol. The molecule has 1 aromatic heterocycles. The molecule has 0 radical (unpaired) electrons. The highest BCUT2D eigenvalue weighted by molar-refractivity contribution is 7.80. The van der Waals surface area contributed by atoms with Gasteiger partial charge in [0.1, 0.15) is 0 Å². The molecule has 4 nitrogen and oxygen atoms in total. The summed E-state index contributed by atoms with van der Waals surface area (Å²) in [6, 6.07) is 9.24. The van der Waals surface area contributed by atoms with E-state index in [0.717, 1.165) is 10.9 Å².